The molecule has 0 aliphatic heterocycles. The van der Waals surface area contributed by atoms with Crippen molar-refractivity contribution in [1.29, 1.82) is 0 Å². The van der Waals surface area contributed by atoms with E-state index in [1.54, 1.807) is 0 Å². The van der Waals surface area contributed by atoms with Gasteiger partial charge in [-0.05, 0) is 39.6 Å². The van der Waals surface area contributed by atoms with E-state index >= 15 is 0 Å². The third-order valence-electron chi connectivity index (χ3n) is 8.58. The van der Waals surface area contributed by atoms with Crippen molar-refractivity contribution in [3.63, 3.8) is 0 Å². The molecule has 0 aliphatic carbocycles. The molecular formula is C34H40N6Pt-2. The summed E-state index contributed by atoms with van der Waals surface area (Å²) in [6.07, 6.45) is 13.0. The van der Waals surface area contributed by atoms with Crippen molar-refractivity contribution in [3.8, 4) is 23.0 Å². The van der Waals surface area contributed by atoms with Gasteiger partial charge in [0.2, 0.25) is 6.33 Å². The van der Waals surface area contributed by atoms with Crippen LogP contribution in [0.15, 0.2) is 67.4 Å². The van der Waals surface area contributed by atoms with Gasteiger partial charge in [0, 0.05) is 45.9 Å². The Morgan fingerprint density at radius 3 is 2.15 bits per heavy atom. The molecular weight excluding hydrogens is 687 g/mol. The Balaban J connectivity index is 0.00000387. The van der Waals surface area contributed by atoms with Crippen molar-refractivity contribution >= 4 is 0 Å². The Hall–Kier alpha value is -3.24. The topological polar surface area (TPSA) is 53.6 Å². The SMILES string of the molecule is CC(C)c1cccc(C(C)C)c1-n1ccnc1-c1ncc(C(C)(C)C(C)(C)c2[c-]c(-[n+]3[c-]n(C)cc3)ccc2)[n-]1.[Pt]. The minimum absolute atomic E-state index is 0. The summed E-state index contributed by atoms with van der Waals surface area (Å²) < 4.78 is 6.05. The summed E-state index contributed by atoms with van der Waals surface area (Å²) >= 11 is 0. The van der Waals surface area contributed by atoms with Crippen LogP contribution in [0.25, 0.3) is 23.0 Å². The second kappa shape index (κ2) is 11.6. The minimum atomic E-state index is -0.338. The molecule has 0 aliphatic rings. The van der Waals surface area contributed by atoms with Crippen LogP contribution in [0.1, 0.15) is 89.6 Å². The van der Waals surface area contributed by atoms with E-state index in [2.05, 4.69) is 109 Å². The van der Waals surface area contributed by atoms with Gasteiger partial charge in [-0.1, -0.05) is 91.2 Å². The second-order valence-corrected chi connectivity index (χ2v) is 12.4. The van der Waals surface area contributed by atoms with Gasteiger partial charge in [-0.25, -0.2) is 4.98 Å². The zero-order valence-corrected chi connectivity index (χ0v) is 27.8. The van der Waals surface area contributed by atoms with E-state index in [4.69, 9.17) is 15.0 Å². The van der Waals surface area contributed by atoms with Crippen LogP contribution in [0.2, 0.25) is 0 Å². The molecule has 0 spiro atoms. The molecule has 0 atom stereocenters. The fourth-order valence-corrected chi connectivity index (χ4v) is 5.30. The van der Waals surface area contributed by atoms with Gasteiger partial charge in [-0.15, -0.1) is 0 Å². The quantitative estimate of drug-likeness (QED) is 0.134. The molecule has 5 aromatic rings. The Kier molecular flexibility index (Phi) is 8.66. The standard InChI is InChI=1S/C34H40N6.Pt/c1-23(2)27-14-11-15-28(24(3)4)30(27)40-17-16-35-32(40)31-36-21-29(37-31)34(7,8)33(5,6)25-12-10-13-26(20-25)39-19-18-38(9)22-39;/h10-19,21,23-24H,1-9H3;/q-2;. The molecule has 0 fully saturated rings. The maximum atomic E-state index is 5.11. The molecule has 7 heteroatoms. The van der Waals surface area contributed by atoms with Crippen molar-refractivity contribution in [2.45, 2.75) is 78.1 Å². The van der Waals surface area contributed by atoms with Gasteiger partial charge < -0.3 is 19.1 Å². The van der Waals surface area contributed by atoms with E-state index in [0.29, 0.717) is 17.7 Å². The third-order valence-corrected chi connectivity index (χ3v) is 8.58. The Morgan fingerprint density at radius 1 is 0.878 bits per heavy atom. The molecule has 0 amide bonds. The van der Waals surface area contributed by atoms with Crippen molar-refractivity contribution in [1.82, 2.24) is 24.1 Å². The van der Waals surface area contributed by atoms with E-state index in [1.165, 1.54) is 16.8 Å². The Labute approximate surface area is 259 Å². The summed E-state index contributed by atoms with van der Waals surface area (Å²) in [7, 11) is 1.97. The van der Waals surface area contributed by atoms with Crippen molar-refractivity contribution < 1.29 is 25.6 Å². The predicted octanol–water partition coefficient (Wildman–Crippen LogP) is 6.61. The summed E-state index contributed by atoms with van der Waals surface area (Å²) in [5.41, 5.74) is 6.15. The number of nitrogens with zero attached hydrogens (tertiary/aromatic N) is 6. The van der Waals surface area contributed by atoms with Gasteiger partial charge in [0.15, 0.2) is 0 Å². The zero-order valence-electron chi connectivity index (χ0n) is 25.5. The Bertz CT molecular complexity index is 1610. The van der Waals surface area contributed by atoms with Gasteiger partial charge >= 0.3 is 0 Å². The molecule has 2 aromatic carbocycles. The van der Waals surface area contributed by atoms with Crippen molar-refractivity contribution in [2.24, 2.45) is 7.05 Å². The zero-order chi connectivity index (χ0) is 28.8. The first-order chi connectivity index (χ1) is 18.9. The van der Waals surface area contributed by atoms with Crippen LogP contribution in [0.5, 0.6) is 0 Å². The molecule has 0 unspecified atom stereocenters. The monoisotopic (exact) mass is 727 g/mol. The molecule has 218 valence electrons. The van der Waals surface area contributed by atoms with Crippen LogP contribution in [-0.4, -0.2) is 19.1 Å². The second-order valence-electron chi connectivity index (χ2n) is 12.4. The number of aromatic nitrogens is 6. The molecule has 6 nitrogen and oxygen atoms in total. The van der Waals surface area contributed by atoms with Gasteiger partial charge in [0.05, 0.1) is 12.7 Å². The summed E-state index contributed by atoms with van der Waals surface area (Å²) in [4.78, 5) is 14.7. The van der Waals surface area contributed by atoms with Gasteiger partial charge in [-0.2, -0.15) is 29.8 Å². The van der Waals surface area contributed by atoms with Crippen LogP contribution in [0.4, 0.5) is 0 Å². The van der Waals surface area contributed by atoms with E-state index in [0.717, 1.165) is 22.8 Å². The minimum Gasteiger partial charge on any atom is -0.440 e. The summed E-state index contributed by atoms with van der Waals surface area (Å²) in [6, 6.07) is 16.5. The number of benzene rings is 2. The largest absolute Gasteiger partial charge is 0.440 e. The maximum absolute atomic E-state index is 5.11. The number of imidazole rings is 3. The van der Waals surface area contributed by atoms with Crippen molar-refractivity contribution in [3.05, 3.63) is 102 Å². The van der Waals surface area contributed by atoms with Crippen LogP contribution < -0.4 is 9.55 Å². The summed E-state index contributed by atoms with van der Waals surface area (Å²) in [5, 5.41) is 0. The van der Waals surface area contributed by atoms with E-state index in [1.807, 2.05) is 47.2 Å². The molecule has 0 saturated carbocycles. The summed E-state index contributed by atoms with van der Waals surface area (Å²) in [5.74, 6) is 2.15. The summed E-state index contributed by atoms with van der Waals surface area (Å²) in [6.45, 7) is 17.9. The van der Waals surface area contributed by atoms with Crippen LogP contribution in [0, 0.1) is 12.4 Å². The average Bonchev–Trinajstić information content (AvgIpc) is 3.68. The van der Waals surface area contributed by atoms with Crippen LogP contribution >= 0.6 is 0 Å². The smallest absolute Gasteiger partial charge is 0.241 e. The fraction of sp³-hybridized carbons (Fsp3) is 0.382. The average molecular weight is 728 g/mol. The molecule has 3 heterocycles. The normalized spacial score (nSPS) is 12.3. The van der Waals surface area contributed by atoms with Crippen LogP contribution in [-0.2, 0) is 38.9 Å². The molecule has 0 N–H and O–H groups in total. The number of hydrogen-bond donors (Lipinski definition) is 0. The first-order valence-electron chi connectivity index (χ1n) is 14.1. The Morgan fingerprint density at radius 2 is 1.54 bits per heavy atom. The fourth-order valence-electron chi connectivity index (χ4n) is 5.30. The van der Waals surface area contributed by atoms with E-state index in [9.17, 15) is 0 Å². The van der Waals surface area contributed by atoms with E-state index in [-0.39, 0.29) is 31.9 Å². The molecule has 41 heavy (non-hydrogen) atoms. The first-order valence-corrected chi connectivity index (χ1v) is 14.1. The number of aryl methyl sites for hydroxylation is 1. The maximum Gasteiger partial charge on any atom is 0.241 e. The van der Waals surface area contributed by atoms with Gasteiger partial charge in [-0.3, -0.25) is 4.57 Å². The third kappa shape index (κ3) is 5.51. The molecule has 0 bridgehead atoms. The first kappa shape index (κ1) is 30.7. The number of para-hydroxylation sites is 1. The van der Waals surface area contributed by atoms with Gasteiger partial charge in [0.1, 0.15) is 5.82 Å². The molecule has 0 radical (unpaired) electrons. The predicted molar refractivity (Wildman–Crippen MR) is 159 cm³/mol. The van der Waals surface area contributed by atoms with Crippen molar-refractivity contribution in [2.75, 3.05) is 0 Å². The van der Waals surface area contributed by atoms with E-state index < -0.39 is 0 Å². The number of hydrogen-bond acceptors (Lipinski definition) is 2. The molecule has 0 saturated heterocycles. The molecule has 3 aromatic heterocycles. The van der Waals surface area contributed by atoms with Gasteiger partial charge in [0.25, 0.3) is 0 Å². The number of rotatable bonds is 8. The van der Waals surface area contributed by atoms with Crippen LogP contribution in [0.3, 0.4) is 0 Å². The molecule has 5 rings (SSSR count).